The molecule has 1 rings (SSSR count). The number of nitrogens with one attached hydrogen (secondary N) is 1. The largest absolute Gasteiger partial charge is 0.325 e. The van der Waals surface area contributed by atoms with Crippen molar-refractivity contribution < 1.29 is 4.39 Å². The molecule has 0 aromatic rings. The topological polar surface area (TPSA) is 38.0 Å². The highest BCUT2D eigenvalue weighted by Gasteiger charge is 2.38. The zero-order chi connectivity index (χ0) is 9.19. The fraction of sp³-hybridized carbons (Fsp3) is 1.00. The number of rotatable bonds is 2. The van der Waals surface area contributed by atoms with Gasteiger partial charge < -0.3 is 11.1 Å². The van der Waals surface area contributed by atoms with Crippen molar-refractivity contribution in [3.8, 4) is 0 Å². The first-order chi connectivity index (χ1) is 5.55. The normalized spacial score (nSPS) is 32.5. The smallest absolute Gasteiger partial charge is 0.127 e. The third-order valence-corrected chi connectivity index (χ3v) is 2.99. The first-order valence-electron chi connectivity index (χ1n) is 4.70. The lowest BCUT2D eigenvalue weighted by Gasteiger charge is -2.36. The number of hydrogen-bond donors (Lipinski definition) is 2. The SMILES string of the molecule is CC(N)C(C)(F)C1CCCNC1. The van der Waals surface area contributed by atoms with Crippen LogP contribution in [0, 0.1) is 5.92 Å². The molecule has 0 bridgehead atoms. The summed E-state index contributed by atoms with van der Waals surface area (Å²) in [5, 5.41) is 3.20. The summed E-state index contributed by atoms with van der Waals surface area (Å²) in [5.74, 6) is 0.0891. The van der Waals surface area contributed by atoms with E-state index in [-0.39, 0.29) is 12.0 Å². The molecule has 0 aromatic heterocycles. The zero-order valence-corrected chi connectivity index (χ0v) is 7.94. The van der Waals surface area contributed by atoms with Gasteiger partial charge in [0.05, 0.1) is 0 Å². The summed E-state index contributed by atoms with van der Waals surface area (Å²) in [6, 6.07) is -0.373. The molecule has 3 atom stereocenters. The average molecular weight is 174 g/mol. The van der Waals surface area contributed by atoms with Crippen LogP contribution in [-0.4, -0.2) is 24.8 Å². The Morgan fingerprint density at radius 1 is 1.67 bits per heavy atom. The van der Waals surface area contributed by atoms with Gasteiger partial charge in [-0.25, -0.2) is 4.39 Å². The highest BCUT2D eigenvalue weighted by molar-refractivity contribution is 4.92. The molecule has 72 valence electrons. The first kappa shape index (κ1) is 9.93. The minimum absolute atomic E-state index is 0.0891. The van der Waals surface area contributed by atoms with Gasteiger partial charge in [-0.05, 0) is 33.2 Å². The van der Waals surface area contributed by atoms with Crippen LogP contribution < -0.4 is 11.1 Å². The van der Waals surface area contributed by atoms with Gasteiger partial charge in [0.2, 0.25) is 0 Å². The molecule has 3 N–H and O–H groups in total. The lowest BCUT2D eigenvalue weighted by molar-refractivity contribution is 0.0612. The van der Waals surface area contributed by atoms with Gasteiger partial charge in [-0.15, -0.1) is 0 Å². The summed E-state index contributed by atoms with van der Waals surface area (Å²) in [7, 11) is 0. The Morgan fingerprint density at radius 3 is 2.75 bits per heavy atom. The van der Waals surface area contributed by atoms with Crippen molar-refractivity contribution in [1.29, 1.82) is 0 Å². The molecule has 12 heavy (non-hydrogen) atoms. The Hall–Kier alpha value is -0.150. The molecule has 1 fully saturated rings. The van der Waals surface area contributed by atoms with E-state index in [9.17, 15) is 4.39 Å². The van der Waals surface area contributed by atoms with Crippen LogP contribution in [0.25, 0.3) is 0 Å². The van der Waals surface area contributed by atoms with Gasteiger partial charge >= 0.3 is 0 Å². The van der Waals surface area contributed by atoms with Gasteiger partial charge in [-0.1, -0.05) is 0 Å². The first-order valence-corrected chi connectivity index (χ1v) is 4.70. The summed E-state index contributed by atoms with van der Waals surface area (Å²) in [5.41, 5.74) is 4.38. The molecule has 0 radical (unpaired) electrons. The van der Waals surface area contributed by atoms with E-state index < -0.39 is 5.67 Å². The van der Waals surface area contributed by atoms with E-state index in [1.165, 1.54) is 0 Å². The Balaban J connectivity index is 2.53. The summed E-state index contributed by atoms with van der Waals surface area (Å²) in [4.78, 5) is 0. The summed E-state index contributed by atoms with van der Waals surface area (Å²) < 4.78 is 13.9. The lowest BCUT2D eigenvalue weighted by atomic mass is 9.81. The van der Waals surface area contributed by atoms with E-state index in [0.29, 0.717) is 0 Å². The molecule has 0 aromatic carbocycles. The van der Waals surface area contributed by atoms with Gasteiger partial charge in [0, 0.05) is 18.5 Å². The van der Waals surface area contributed by atoms with Gasteiger partial charge in [0.1, 0.15) is 5.67 Å². The van der Waals surface area contributed by atoms with Gasteiger partial charge in [0.15, 0.2) is 0 Å². The minimum atomic E-state index is -1.21. The summed E-state index contributed by atoms with van der Waals surface area (Å²) in [6.07, 6.45) is 2.03. The van der Waals surface area contributed by atoms with Crippen LogP contribution in [0.4, 0.5) is 4.39 Å². The third-order valence-electron chi connectivity index (χ3n) is 2.99. The van der Waals surface area contributed by atoms with Crippen LogP contribution >= 0.6 is 0 Å². The predicted octanol–water partition coefficient (Wildman–Crippen LogP) is 1.06. The maximum absolute atomic E-state index is 13.9. The molecule has 3 heteroatoms. The fourth-order valence-corrected chi connectivity index (χ4v) is 1.71. The third kappa shape index (κ3) is 1.96. The summed E-state index contributed by atoms with van der Waals surface area (Å²) >= 11 is 0. The number of hydrogen-bond acceptors (Lipinski definition) is 2. The van der Waals surface area contributed by atoms with Crippen molar-refractivity contribution in [3.63, 3.8) is 0 Å². The lowest BCUT2D eigenvalue weighted by Crippen LogP contribution is -2.50. The summed E-state index contributed by atoms with van der Waals surface area (Å²) in [6.45, 7) is 5.16. The molecule has 0 saturated carbocycles. The second kappa shape index (κ2) is 3.71. The van der Waals surface area contributed by atoms with Crippen molar-refractivity contribution in [1.82, 2.24) is 5.32 Å². The molecule has 3 unspecified atom stereocenters. The van der Waals surface area contributed by atoms with E-state index in [1.807, 2.05) is 0 Å². The number of alkyl halides is 1. The Labute approximate surface area is 73.7 Å². The van der Waals surface area contributed by atoms with Crippen LogP contribution in [0.15, 0.2) is 0 Å². The highest BCUT2D eigenvalue weighted by Crippen LogP contribution is 2.29. The number of nitrogens with two attached hydrogens (primary N) is 1. The van der Waals surface area contributed by atoms with Crippen LogP contribution in [0.1, 0.15) is 26.7 Å². The second-order valence-electron chi connectivity index (χ2n) is 3.98. The molecule has 1 aliphatic rings. The molecule has 1 aliphatic heterocycles. The number of piperidine rings is 1. The van der Waals surface area contributed by atoms with Crippen molar-refractivity contribution in [3.05, 3.63) is 0 Å². The predicted molar refractivity (Wildman–Crippen MR) is 48.8 cm³/mol. The average Bonchev–Trinajstić information content (AvgIpc) is 2.06. The van der Waals surface area contributed by atoms with E-state index in [2.05, 4.69) is 5.32 Å². The van der Waals surface area contributed by atoms with E-state index in [0.717, 1.165) is 25.9 Å². The fourth-order valence-electron chi connectivity index (χ4n) is 1.71. The maximum atomic E-state index is 13.9. The minimum Gasteiger partial charge on any atom is -0.325 e. The van der Waals surface area contributed by atoms with Crippen LogP contribution in [0.5, 0.6) is 0 Å². The standard InChI is InChI=1S/C9H19FN2/c1-7(11)9(2,10)8-4-3-5-12-6-8/h7-8,12H,3-6,11H2,1-2H3. The second-order valence-corrected chi connectivity index (χ2v) is 3.98. The quantitative estimate of drug-likeness (QED) is 0.657. The van der Waals surface area contributed by atoms with E-state index in [1.54, 1.807) is 13.8 Å². The van der Waals surface area contributed by atoms with Crippen LogP contribution in [0.2, 0.25) is 0 Å². The van der Waals surface area contributed by atoms with Crippen molar-refractivity contribution in [2.75, 3.05) is 13.1 Å². The number of halogens is 1. The molecular formula is C9H19FN2. The molecule has 0 spiro atoms. The van der Waals surface area contributed by atoms with Gasteiger partial charge in [0.25, 0.3) is 0 Å². The Bertz CT molecular complexity index is 139. The Morgan fingerprint density at radius 2 is 2.33 bits per heavy atom. The zero-order valence-electron chi connectivity index (χ0n) is 7.94. The van der Waals surface area contributed by atoms with Gasteiger partial charge in [-0.3, -0.25) is 0 Å². The van der Waals surface area contributed by atoms with Crippen molar-refractivity contribution >= 4 is 0 Å². The van der Waals surface area contributed by atoms with Crippen molar-refractivity contribution in [2.24, 2.45) is 11.7 Å². The maximum Gasteiger partial charge on any atom is 0.127 e. The van der Waals surface area contributed by atoms with Crippen LogP contribution in [-0.2, 0) is 0 Å². The molecule has 2 nitrogen and oxygen atoms in total. The monoisotopic (exact) mass is 174 g/mol. The van der Waals surface area contributed by atoms with Crippen molar-refractivity contribution in [2.45, 2.75) is 38.4 Å². The highest BCUT2D eigenvalue weighted by atomic mass is 19.1. The van der Waals surface area contributed by atoms with Gasteiger partial charge in [-0.2, -0.15) is 0 Å². The molecule has 0 aliphatic carbocycles. The van der Waals surface area contributed by atoms with E-state index in [4.69, 9.17) is 5.73 Å². The van der Waals surface area contributed by atoms with Crippen LogP contribution in [0.3, 0.4) is 0 Å². The molecule has 0 amide bonds. The Kier molecular flexibility index (Phi) is 3.07. The van der Waals surface area contributed by atoms with E-state index >= 15 is 0 Å². The molecular weight excluding hydrogens is 155 g/mol. The molecule has 1 saturated heterocycles. The molecule has 1 heterocycles.